The molecule has 4 heteroatoms. The van der Waals surface area contributed by atoms with Crippen molar-refractivity contribution in [1.29, 1.82) is 0 Å². The van der Waals surface area contributed by atoms with Gasteiger partial charge in [-0.15, -0.1) is 0 Å². The van der Waals surface area contributed by atoms with Crippen molar-refractivity contribution in [1.82, 2.24) is 0 Å². The zero-order valence-electron chi connectivity index (χ0n) is 9.71. The van der Waals surface area contributed by atoms with Crippen LogP contribution in [0.1, 0.15) is 40.5 Å². The molecule has 1 N–H and O–H groups in total. The number of aldehydes is 1. The minimum atomic E-state index is -1.02. The van der Waals surface area contributed by atoms with E-state index in [0.717, 1.165) is 6.29 Å². The van der Waals surface area contributed by atoms with Gasteiger partial charge in [0.05, 0.1) is 21.6 Å². The first-order chi connectivity index (χ1) is 6.60. The smallest absolute Gasteiger partial charge is 0.136 e. The Kier molecular flexibility index (Phi) is 3.35. The summed E-state index contributed by atoms with van der Waals surface area (Å²) in [6.07, 6.45) is 1.66. The normalized spacial score (nSPS) is 29.5. The number of halogens is 1. The van der Waals surface area contributed by atoms with Crippen molar-refractivity contribution in [3.8, 4) is 0 Å². The average molecular weight is 279 g/mol. The van der Waals surface area contributed by atoms with Crippen LogP contribution in [-0.2, 0) is 9.53 Å². The lowest BCUT2D eigenvalue weighted by Gasteiger charge is -2.50. The lowest BCUT2D eigenvalue weighted by atomic mass is 9.76. The Balaban J connectivity index is 2.96. The Morgan fingerprint density at radius 3 is 2.00 bits per heavy atom. The predicted molar refractivity (Wildman–Crippen MR) is 62.2 cm³/mol. The molecule has 0 bridgehead atoms. The molecule has 1 aliphatic rings. The van der Waals surface area contributed by atoms with E-state index in [-0.39, 0.29) is 0 Å². The number of rotatable bonds is 2. The highest BCUT2D eigenvalue weighted by Gasteiger charge is 2.50. The first-order valence-electron chi connectivity index (χ1n) is 5.12. The van der Waals surface area contributed by atoms with E-state index in [4.69, 9.17) is 4.74 Å². The molecule has 0 spiro atoms. The van der Waals surface area contributed by atoms with Crippen LogP contribution in [0, 0.1) is 0 Å². The van der Waals surface area contributed by atoms with Crippen molar-refractivity contribution >= 4 is 22.2 Å². The molecule has 1 unspecified atom stereocenters. The summed E-state index contributed by atoms with van der Waals surface area (Å²) in [6.45, 7) is 7.74. The summed E-state index contributed by atoms with van der Waals surface area (Å²) >= 11 is 3.22. The van der Waals surface area contributed by atoms with Crippen LogP contribution in [0.4, 0.5) is 0 Å². The van der Waals surface area contributed by atoms with Crippen molar-refractivity contribution in [2.75, 3.05) is 0 Å². The van der Waals surface area contributed by atoms with Crippen LogP contribution in [0.2, 0.25) is 0 Å². The average Bonchev–Trinajstić information content (AvgIpc) is 1.95. The summed E-state index contributed by atoms with van der Waals surface area (Å²) < 4.78 is 5.85. The summed E-state index contributed by atoms with van der Waals surface area (Å²) in [5, 5.41) is 10.5. The van der Waals surface area contributed by atoms with Gasteiger partial charge in [-0.1, -0.05) is 15.9 Å². The maximum Gasteiger partial charge on any atom is 0.136 e. The number of hydrogen-bond donors (Lipinski definition) is 1. The summed E-state index contributed by atoms with van der Waals surface area (Å²) in [6, 6.07) is 0. The van der Waals surface area contributed by atoms with Gasteiger partial charge in [-0.3, -0.25) is 0 Å². The lowest BCUT2D eigenvalue weighted by molar-refractivity contribution is -0.217. The number of aliphatic hydroxyl groups is 1. The number of carbonyl (C=O) groups excluding carboxylic acids is 1. The van der Waals surface area contributed by atoms with E-state index in [0.29, 0.717) is 12.8 Å². The van der Waals surface area contributed by atoms with Crippen LogP contribution < -0.4 is 0 Å². The minimum absolute atomic E-state index is 0.411. The highest BCUT2D eigenvalue weighted by atomic mass is 79.9. The van der Waals surface area contributed by atoms with Crippen LogP contribution in [0.3, 0.4) is 0 Å². The van der Waals surface area contributed by atoms with Crippen LogP contribution in [0.25, 0.3) is 0 Å². The van der Waals surface area contributed by atoms with Crippen molar-refractivity contribution in [2.45, 2.75) is 62.2 Å². The van der Waals surface area contributed by atoms with E-state index in [9.17, 15) is 9.90 Å². The van der Waals surface area contributed by atoms with Gasteiger partial charge < -0.3 is 14.6 Å². The molecule has 0 amide bonds. The van der Waals surface area contributed by atoms with E-state index in [1.165, 1.54) is 0 Å². The third-order valence-corrected chi connectivity index (χ3v) is 3.72. The van der Waals surface area contributed by atoms with Gasteiger partial charge in [0.1, 0.15) is 6.29 Å². The van der Waals surface area contributed by atoms with Gasteiger partial charge in [0.2, 0.25) is 0 Å². The molecule has 1 heterocycles. The van der Waals surface area contributed by atoms with Gasteiger partial charge in [-0.25, -0.2) is 0 Å². The van der Waals surface area contributed by atoms with Crippen molar-refractivity contribution in [3.63, 3.8) is 0 Å². The molecule has 0 radical (unpaired) electrons. The Morgan fingerprint density at radius 2 is 1.67 bits per heavy atom. The van der Waals surface area contributed by atoms with E-state index < -0.39 is 21.6 Å². The Hall–Kier alpha value is 0.0700. The van der Waals surface area contributed by atoms with Crippen LogP contribution >= 0.6 is 15.9 Å². The molecule has 1 fully saturated rings. The van der Waals surface area contributed by atoms with Crippen LogP contribution in [0.15, 0.2) is 0 Å². The molecule has 15 heavy (non-hydrogen) atoms. The maximum atomic E-state index is 10.8. The van der Waals surface area contributed by atoms with Gasteiger partial charge in [0.15, 0.2) is 0 Å². The van der Waals surface area contributed by atoms with Crippen LogP contribution in [-0.4, -0.2) is 33.0 Å². The Bertz CT molecular complexity index is 245. The topological polar surface area (TPSA) is 46.5 Å². The Labute approximate surface area is 99.3 Å². The fourth-order valence-corrected chi connectivity index (χ4v) is 3.00. The second kappa shape index (κ2) is 3.82. The molecular weight excluding hydrogens is 260 g/mol. The molecule has 0 aromatic heterocycles. The third kappa shape index (κ3) is 3.02. The second-order valence-electron chi connectivity index (χ2n) is 5.62. The van der Waals surface area contributed by atoms with Gasteiger partial charge >= 0.3 is 0 Å². The third-order valence-electron chi connectivity index (χ3n) is 2.65. The summed E-state index contributed by atoms with van der Waals surface area (Å²) in [5.74, 6) is 0. The summed E-state index contributed by atoms with van der Waals surface area (Å²) in [7, 11) is 0. The molecule has 0 saturated carbocycles. The highest BCUT2D eigenvalue weighted by molar-refractivity contribution is 9.10. The molecule has 1 aliphatic heterocycles. The lowest BCUT2D eigenvalue weighted by Crippen LogP contribution is -2.57. The monoisotopic (exact) mass is 278 g/mol. The highest BCUT2D eigenvalue weighted by Crippen LogP contribution is 2.43. The molecule has 1 atom stereocenters. The van der Waals surface area contributed by atoms with Gasteiger partial charge in [-0.05, 0) is 27.7 Å². The van der Waals surface area contributed by atoms with Crippen molar-refractivity contribution in [3.05, 3.63) is 0 Å². The largest absolute Gasteiger partial charge is 0.388 e. The molecular formula is C11H19BrO3. The standard InChI is InChI=1S/C11H19BrO3/c1-9(2)6-11(14,8(12)5-13)7-10(3,4)15-9/h5,8,14H,6-7H2,1-4H3. The Morgan fingerprint density at radius 1 is 1.27 bits per heavy atom. The van der Waals surface area contributed by atoms with Gasteiger partial charge in [-0.2, -0.15) is 0 Å². The quantitative estimate of drug-likeness (QED) is 0.621. The van der Waals surface area contributed by atoms with Crippen molar-refractivity contribution < 1.29 is 14.6 Å². The zero-order valence-corrected chi connectivity index (χ0v) is 11.3. The number of ether oxygens (including phenoxy) is 1. The number of carbonyl (C=O) groups is 1. The van der Waals surface area contributed by atoms with E-state index >= 15 is 0 Å². The number of hydrogen-bond acceptors (Lipinski definition) is 3. The first-order valence-corrected chi connectivity index (χ1v) is 6.04. The van der Waals surface area contributed by atoms with Gasteiger partial charge in [0.25, 0.3) is 0 Å². The van der Waals surface area contributed by atoms with Gasteiger partial charge in [0, 0.05) is 12.8 Å². The fraction of sp³-hybridized carbons (Fsp3) is 0.909. The molecule has 1 saturated heterocycles. The summed E-state index contributed by atoms with van der Waals surface area (Å²) in [4.78, 5) is 10.2. The van der Waals surface area contributed by atoms with E-state index in [1.807, 2.05) is 27.7 Å². The minimum Gasteiger partial charge on any atom is -0.388 e. The zero-order chi connectivity index (χ0) is 11.9. The SMILES string of the molecule is CC1(C)CC(O)(C(Br)C=O)CC(C)(C)O1. The fourth-order valence-electron chi connectivity index (χ4n) is 2.68. The first kappa shape index (κ1) is 13.1. The second-order valence-corrected chi connectivity index (χ2v) is 6.60. The van der Waals surface area contributed by atoms with E-state index in [2.05, 4.69) is 15.9 Å². The molecule has 88 valence electrons. The molecule has 3 nitrogen and oxygen atoms in total. The van der Waals surface area contributed by atoms with Crippen LogP contribution in [0.5, 0.6) is 0 Å². The van der Waals surface area contributed by atoms with Crippen molar-refractivity contribution in [2.24, 2.45) is 0 Å². The maximum absolute atomic E-state index is 10.8. The summed E-state index contributed by atoms with van der Waals surface area (Å²) in [5.41, 5.74) is -1.84. The molecule has 1 rings (SSSR count). The predicted octanol–water partition coefficient (Wildman–Crippen LogP) is 2.05. The van der Waals surface area contributed by atoms with E-state index in [1.54, 1.807) is 0 Å². The molecule has 0 aromatic rings. The molecule has 0 aliphatic carbocycles. The molecule has 0 aromatic carbocycles. The number of alkyl halides is 1.